The molecular formula is C14H9F3N6O2S. The monoisotopic (exact) mass is 382 g/mol. The van der Waals surface area contributed by atoms with Crippen LogP contribution in [0.5, 0.6) is 0 Å². The van der Waals surface area contributed by atoms with Crippen LogP contribution in [-0.2, 0) is 11.9 Å². The van der Waals surface area contributed by atoms with Gasteiger partial charge in [-0.15, -0.1) is 10.2 Å². The van der Waals surface area contributed by atoms with E-state index >= 15 is 0 Å². The number of nitrogens with zero attached hydrogens (tertiary/aromatic N) is 4. The fourth-order valence-corrected chi connectivity index (χ4v) is 3.14. The van der Waals surface area contributed by atoms with Crippen LogP contribution in [0, 0.1) is 0 Å². The van der Waals surface area contributed by atoms with E-state index in [4.69, 9.17) is 10.3 Å². The van der Waals surface area contributed by atoms with Crippen molar-refractivity contribution in [3.8, 4) is 0 Å². The largest absolute Gasteiger partial charge is 0.453 e. The zero-order valence-corrected chi connectivity index (χ0v) is 13.6. The Hall–Kier alpha value is -3.02. The average Bonchev–Trinajstić information content (AvgIpc) is 3.14. The van der Waals surface area contributed by atoms with Crippen molar-refractivity contribution in [2.75, 3.05) is 5.84 Å². The van der Waals surface area contributed by atoms with Crippen molar-refractivity contribution in [1.29, 1.82) is 0 Å². The van der Waals surface area contributed by atoms with Crippen LogP contribution < -0.4 is 11.4 Å². The van der Waals surface area contributed by atoms with Gasteiger partial charge in [-0.3, -0.25) is 4.79 Å². The van der Waals surface area contributed by atoms with Gasteiger partial charge >= 0.3 is 6.18 Å². The first-order valence-electron chi connectivity index (χ1n) is 7.15. The predicted octanol–water partition coefficient (Wildman–Crippen LogP) is 2.29. The number of aromatic nitrogens is 5. The molecule has 0 aliphatic heterocycles. The summed E-state index contributed by atoms with van der Waals surface area (Å²) >= 11 is 0.863. The van der Waals surface area contributed by atoms with Crippen molar-refractivity contribution in [2.24, 2.45) is 0 Å². The van der Waals surface area contributed by atoms with Gasteiger partial charge in [0.15, 0.2) is 0 Å². The van der Waals surface area contributed by atoms with Crippen LogP contribution in [0.3, 0.4) is 0 Å². The van der Waals surface area contributed by atoms with E-state index in [0.717, 1.165) is 11.8 Å². The molecule has 3 N–H and O–H groups in total. The third-order valence-corrected chi connectivity index (χ3v) is 4.49. The Kier molecular flexibility index (Phi) is 3.64. The number of fused-ring (bicyclic) bond motifs is 3. The van der Waals surface area contributed by atoms with Crippen molar-refractivity contribution in [3.05, 3.63) is 46.3 Å². The van der Waals surface area contributed by atoms with Gasteiger partial charge in [0.05, 0.1) is 5.75 Å². The number of benzene rings is 1. The number of alkyl halides is 3. The highest BCUT2D eigenvalue weighted by Gasteiger charge is 2.38. The Bertz CT molecular complexity index is 1180. The van der Waals surface area contributed by atoms with E-state index in [1.54, 1.807) is 24.3 Å². The second-order valence-corrected chi connectivity index (χ2v) is 6.19. The highest BCUT2D eigenvalue weighted by Crippen LogP contribution is 2.30. The smallest absolute Gasteiger partial charge is 0.449 e. The summed E-state index contributed by atoms with van der Waals surface area (Å²) in [4.78, 5) is 19.0. The number of aromatic amines is 1. The lowest BCUT2D eigenvalue weighted by Gasteiger charge is -2.05. The van der Waals surface area contributed by atoms with Gasteiger partial charge in [0.1, 0.15) is 16.9 Å². The van der Waals surface area contributed by atoms with Crippen molar-refractivity contribution in [2.45, 2.75) is 17.1 Å². The molecule has 0 unspecified atom stereocenters. The SMILES string of the molecule is Nn1c(SCc2nc3c(oc4ccccc43)c(=O)[nH]2)nnc1C(F)(F)F. The van der Waals surface area contributed by atoms with E-state index in [-0.39, 0.29) is 22.3 Å². The molecule has 134 valence electrons. The molecule has 8 nitrogen and oxygen atoms in total. The fourth-order valence-electron chi connectivity index (χ4n) is 2.42. The summed E-state index contributed by atoms with van der Waals surface area (Å²) in [6.07, 6.45) is -4.71. The lowest BCUT2D eigenvalue weighted by molar-refractivity contribution is -0.146. The van der Waals surface area contributed by atoms with Crippen LogP contribution in [-0.4, -0.2) is 24.8 Å². The van der Waals surface area contributed by atoms with Gasteiger partial charge in [-0.25, -0.2) is 9.66 Å². The lowest BCUT2D eigenvalue weighted by atomic mass is 10.2. The van der Waals surface area contributed by atoms with Crippen molar-refractivity contribution in [3.63, 3.8) is 0 Å². The number of nitrogens with one attached hydrogen (secondary N) is 1. The Morgan fingerprint density at radius 2 is 2.04 bits per heavy atom. The number of furan rings is 1. The van der Waals surface area contributed by atoms with E-state index in [1.165, 1.54) is 0 Å². The van der Waals surface area contributed by atoms with Gasteiger partial charge in [-0.2, -0.15) is 13.2 Å². The van der Waals surface area contributed by atoms with E-state index in [0.29, 0.717) is 21.2 Å². The van der Waals surface area contributed by atoms with E-state index < -0.39 is 17.6 Å². The summed E-state index contributed by atoms with van der Waals surface area (Å²) in [6, 6.07) is 7.02. The normalized spacial score (nSPS) is 12.3. The Labute approximate surface area is 146 Å². The molecule has 0 saturated heterocycles. The molecule has 0 bridgehead atoms. The summed E-state index contributed by atoms with van der Waals surface area (Å²) in [5.41, 5.74) is 0.500. The van der Waals surface area contributed by atoms with Gasteiger partial charge in [-0.1, -0.05) is 23.9 Å². The molecule has 1 aromatic carbocycles. The van der Waals surface area contributed by atoms with Gasteiger partial charge in [0, 0.05) is 5.39 Å². The third-order valence-electron chi connectivity index (χ3n) is 3.54. The zero-order valence-electron chi connectivity index (χ0n) is 12.7. The summed E-state index contributed by atoms with van der Waals surface area (Å²) in [6.45, 7) is 0. The fraction of sp³-hybridized carbons (Fsp3) is 0.143. The molecule has 3 aromatic heterocycles. The first-order chi connectivity index (χ1) is 12.3. The summed E-state index contributed by atoms with van der Waals surface area (Å²) in [7, 11) is 0. The van der Waals surface area contributed by atoms with Crippen LogP contribution >= 0.6 is 11.8 Å². The number of nitrogens with two attached hydrogens (primary N) is 1. The second-order valence-electron chi connectivity index (χ2n) is 5.25. The van der Waals surface area contributed by atoms with Crippen LogP contribution in [0.15, 0.2) is 38.6 Å². The summed E-state index contributed by atoms with van der Waals surface area (Å²) in [5, 5.41) is 6.96. The number of para-hydroxylation sites is 1. The zero-order chi connectivity index (χ0) is 18.5. The van der Waals surface area contributed by atoms with Gasteiger partial charge in [0.2, 0.25) is 10.7 Å². The average molecular weight is 382 g/mol. The maximum Gasteiger partial charge on any atom is 0.453 e. The van der Waals surface area contributed by atoms with Crippen LogP contribution in [0.25, 0.3) is 22.1 Å². The molecule has 0 spiro atoms. The highest BCUT2D eigenvalue weighted by molar-refractivity contribution is 7.98. The molecule has 0 saturated carbocycles. The molecular weight excluding hydrogens is 373 g/mol. The number of hydrogen-bond donors (Lipinski definition) is 2. The van der Waals surface area contributed by atoms with Crippen molar-refractivity contribution < 1.29 is 17.6 Å². The second kappa shape index (κ2) is 5.76. The van der Waals surface area contributed by atoms with Gasteiger partial charge in [-0.05, 0) is 12.1 Å². The highest BCUT2D eigenvalue weighted by atomic mass is 32.2. The first kappa shape index (κ1) is 16.4. The number of H-pyrrole nitrogens is 1. The van der Waals surface area contributed by atoms with Crippen LogP contribution in [0.2, 0.25) is 0 Å². The molecule has 0 aliphatic rings. The molecule has 26 heavy (non-hydrogen) atoms. The molecule has 0 atom stereocenters. The Morgan fingerprint density at radius 3 is 2.77 bits per heavy atom. The number of halogens is 3. The van der Waals surface area contributed by atoms with Crippen molar-refractivity contribution >= 4 is 33.8 Å². The Balaban J connectivity index is 1.67. The van der Waals surface area contributed by atoms with E-state index in [2.05, 4.69) is 20.2 Å². The quantitative estimate of drug-likeness (QED) is 0.412. The molecule has 0 amide bonds. The van der Waals surface area contributed by atoms with Crippen LogP contribution in [0.1, 0.15) is 11.6 Å². The number of hydrogen-bond acceptors (Lipinski definition) is 7. The van der Waals surface area contributed by atoms with E-state index in [9.17, 15) is 18.0 Å². The number of thioether (sulfide) groups is 1. The van der Waals surface area contributed by atoms with Gasteiger partial charge in [0.25, 0.3) is 11.4 Å². The summed E-state index contributed by atoms with van der Waals surface area (Å²) < 4.78 is 43.9. The third kappa shape index (κ3) is 2.67. The predicted molar refractivity (Wildman–Crippen MR) is 86.9 cm³/mol. The van der Waals surface area contributed by atoms with Crippen molar-refractivity contribution in [1.82, 2.24) is 24.8 Å². The molecule has 12 heteroatoms. The molecule has 0 aliphatic carbocycles. The first-order valence-corrected chi connectivity index (χ1v) is 8.14. The minimum Gasteiger partial charge on any atom is -0.449 e. The van der Waals surface area contributed by atoms with Gasteiger partial charge < -0.3 is 15.2 Å². The molecule has 0 fully saturated rings. The minimum absolute atomic E-state index is 0.0396. The molecule has 3 heterocycles. The maximum absolute atomic E-state index is 12.7. The molecule has 4 rings (SSSR count). The molecule has 4 aromatic rings. The van der Waals surface area contributed by atoms with Crippen LogP contribution in [0.4, 0.5) is 13.2 Å². The maximum atomic E-state index is 12.7. The number of rotatable bonds is 3. The number of nitrogen functional groups attached to an aromatic ring is 1. The standard InChI is InChI=1S/C14H9F3N6O2S/c15-14(16,17)12-21-22-13(23(12)18)26-5-8-19-9-6-3-1-2-4-7(6)25-10(9)11(24)20-8/h1-4H,5,18H2,(H,19,20,24). The summed E-state index contributed by atoms with van der Waals surface area (Å²) in [5.74, 6) is 4.35. The lowest BCUT2D eigenvalue weighted by Crippen LogP contribution is -2.21. The molecule has 0 radical (unpaired) electrons. The Morgan fingerprint density at radius 1 is 1.27 bits per heavy atom. The van der Waals surface area contributed by atoms with E-state index in [1.807, 2.05) is 0 Å². The topological polar surface area (TPSA) is 116 Å². The minimum atomic E-state index is -4.71.